The number of fused-ring (bicyclic) bond motifs is 8. The number of hydrogen-bond acceptors (Lipinski definition) is 2. The van der Waals surface area contributed by atoms with Crippen molar-refractivity contribution >= 4 is 74.8 Å². The molecule has 2 heterocycles. The minimum atomic E-state index is 0.931. The van der Waals surface area contributed by atoms with Crippen LogP contribution in [0, 0.1) is 0 Å². The largest absolute Gasteiger partial charge is 0.464 e. The van der Waals surface area contributed by atoms with E-state index in [9.17, 15) is 0 Å². The smallest absolute Gasteiger partial charge is 0.135 e. The second-order valence-electron chi connectivity index (χ2n) is 10.5. The van der Waals surface area contributed by atoms with Crippen LogP contribution in [0.25, 0.3) is 85.7 Å². The van der Waals surface area contributed by atoms with Crippen LogP contribution in [-0.2, 0) is 0 Å². The van der Waals surface area contributed by atoms with E-state index in [0.29, 0.717) is 0 Å². The van der Waals surface area contributed by atoms with E-state index in [0.717, 1.165) is 5.58 Å². The van der Waals surface area contributed by atoms with Gasteiger partial charge in [-0.2, -0.15) is 0 Å². The Morgan fingerprint density at radius 2 is 1.10 bits per heavy atom. The average Bonchev–Trinajstić information content (AvgIpc) is 3.64. The van der Waals surface area contributed by atoms with Gasteiger partial charge in [0.15, 0.2) is 0 Å². The Hall–Kier alpha value is -4.92. The van der Waals surface area contributed by atoms with E-state index < -0.39 is 0 Å². The van der Waals surface area contributed by atoms with Gasteiger partial charge < -0.3 is 4.42 Å². The normalized spacial score (nSPS) is 12.0. The highest BCUT2D eigenvalue weighted by molar-refractivity contribution is 7.26. The lowest BCUT2D eigenvalue weighted by Crippen LogP contribution is -1.91. The molecule has 9 aromatic rings. The van der Waals surface area contributed by atoms with Crippen LogP contribution in [0.5, 0.6) is 0 Å². The second kappa shape index (κ2) is 8.29. The van der Waals surface area contributed by atoms with Crippen molar-refractivity contribution in [3.05, 3.63) is 134 Å². The molecule has 0 saturated heterocycles. The molecule has 0 aliphatic rings. The van der Waals surface area contributed by atoms with E-state index in [1.165, 1.54) is 80.1 Å². The second-order valence-corrected chi connectivity index (χ2v) is 11.5. The zero-order valence-electron chi connectivity index (χ0n) is 21.5. The average molecular weight is 527 g/mol. The summed E-state index contributed by atoms with van der Waals surface area (Å²) in [7, 11) is 0. The van der Waals surface area contributed by atoms with Gasteiger partial charge in [-0.05, 0) is 78.8 Å². The lowest BCUT2D eigenvalue weighted by atomic mass is 9.84. The maximum Gasteiger partial charge on any atom is 0.135 e. The van der Waals surface area contributed by atoms with E-state index in [1.807, 2.05) is 17.6 Å². The summed E-state index contributed by atoms with van der Waals surface area (Å²) in [5.41, 5.74) is 5.95. The molecular weight excluding hydrogens is 504 g/mol. The summed E-state index contributed by atoms with van der Waals surface area (Å²) in [6, 6.07) is 46.4. The van der Waals surface area contributed by atoms with Crippen molar-refractivity contribution in [2.45, 2.75) is 0 Å². The van der Waals surface area contributed by atoms with Gasteiger partial charge in [0.1, 0.15) is 5.58 Å². The summed E-state index contributed by atoms with van der Waals surface area (Å²) in [6.07, 6.45) is 1.82. The third-order valence-corrected chi connectivity index (χ3v) is 9.52. The lowest BCUT2D eigenvalue weighted by Gasteiger charge is -2.19. The molecule has 0 saturated carbocycles. The molecule has 2 heteroatoms. The molecule has 0 aliphatic carbocycles. The monoisotopic (exact) mass is 526 g/mol. The first-order valence-electron chi connectivity index (χ1n) is 13.6. The zero-order valence-corrected chi connectivity index (χ0v) is 22.3. The number of thiophene rings is 1. The Morgan fingerprint density at radius 1 is 0.475 bits per heavy atom. The molecule has 7 aromatic carbocycles. The Balaban J connectivity index is 1.48. The summed E-state index contributed by atoms with van der Waals surface area (Å²) < 4.78 is 8.64. The Labute approximate surface area is 234 Å². The molecular formula is C38H22OS. The van der Waals surface area contributed by atoms with Crippen LogP contribution in [0.1, 0.15) is 0 Å². The number of furan rings is 1. The highest BCUT2D eigenvalue weighted by Crippen LogP contribution is 2.49. The van der Waals surface area contributed by atoms with Crippen LogP contribution in [0.2, 0.25) is 0 Å². The topological polar surface area (TPSA) is 13.1 Å². The molecule has 0 radical (unpaired) electrons. The van der Waals surface area contributed by atoms with Crippen LogP contribution in [0.4, 0.5) is 0 Å². The molecule has 186 valence electrons. The van der Waals surface area contributed by atoms with E-state index >= 15 is 0 Å². The van der Waals surface area contributed by atoms with E-state index in [1.54, 1.807) is 0 Å². The van der Waals surface area contributed by atoms with Crippen molar-refractivity contribution in [2.75, 3.05) is 0 Å². The fourth-order valence-electron chi connectivity index (χ4n) is 6.60. The van der Waals surface area contributed by atoms with Crippen molar-refractivity contribution in [1.29, 1.82) is 0 Å². The number of benzene rings is 7. The molecule has 1 nitrogen and oxygen atoms in total. The Bertz CT molecular complexity index is 2380. The van der Waals surface area contributed by atoms with Crippen LogP contribution in [0.3, 0.4) is 0 Å². The van der Waals surface area contributed by atoms with Gasteiger partial charge in [-0.1, -0.05) is 103 Å². The van der Waals surface area contributed by atoms with Crippen molar-refractivity contribution < 1.29 is 4.42 Å². The van der Waals surface area contributed by atoms with Gasteiger partial charge in [0.05, 0.1) is 6.26 Å². The first kappa shape index (κ1) is 22.0. The fourth-order valence-corrected chi connectivity index (χ4v) is 7.84. The van der Waals surface area contributed by atoms with Crippen LogP contribution >= 0.6 is 11.3 Å². The third-order valence-electron chi connectivity index (χ3n) is 8.32. The van der Waals surface area contributed by atoms with Gasteiger partial charge in [-0.15, -0.1) is 11.3 Å². The molecule has 0 unspecified atom stereocenters. The third kappa shape index (κ3) is 3.03. The van der Waals surface area contributed by atoms with E-state index in [-0.39, 0.29) is 0 Å². The summed E-state index contributed by atoms with van der Waals surface area (Å²) in [6.45, 7) is 0. The van der Waals surface area contributed by atoms with Crippen molar-refractivity contribution in [2.24, 2.45) is 0 Å². The van der Waals surface area contributed by atoms with Crippen molar-refractivity contribution in [3.8, 4) is 22.3 Å². The van der Waals surface area contributed by atoms with Crippen LogP contribution < -0.4 is 0 Å². The minimum absolute atomic E-state index is 0.931. The van der Waals surface area contributed by atoms with Crippen molar-refractivity contribution in [3.63, 3.8) is 0 Å². The molecule has 0 amide bonds. The van der Waals surface area contributed by atoms with Gasteiger partial charge in [0, 0.05) is 25.6 Å². The van der Waals surface area contributed by atoms with Gasteiger partial charge in [0.25, 0.3) is 0 Å². The van der Waals surface area contributed by atoms with E-state index in [4.69, 9.17) is 4.42 Å². The maximum atomic E-state index is 6.05. The standard InChI is InChI=1S/C38H22OS/c1-2-10-24-21-25(18-17-23(24)9-1)35-26-11-3-5-13-28(26)36(29-14-6-4-12-27(29)35)32-22-33-30(19-20-39-33)38-37(32)31-15-7-8-16-34(31)40-38/h1-22H. The molecule has 40 heavy (non-hydrogen) atoms. The lowest BCUT2D eigenvalue weighted by molar-refractivity contribution is 0.616. The summed E-state index contributed by atoms with van der Waals surface area (Å²) in [4.78, 5) is 0. The molecule has 0 spiro atoms. The highest BCUT2D eigenvalue weighted by atomic mass is 32.1. The van der Waals surface area contributed by atoms with Gasteiger partial charge >= 0.3 is 0 Å². The zero-order chi connectivity index (χ0) is 26.2. The first-order chi connectivity index (χ1) is 19.8. The SMILES string of the molecule is c1ccc2cc(-c3c4ccccc4c(-c4cc5occc5c5sc6ccccc6c45)c4ccccc34)ccc2c1. The van der Waals surface area contributed by atoms with Gasteiger partial charge in [-0.3, -0.25) is 0 Å². The summed E-state index contributed by atoms with van der Waals surface area (Å²) in [5.74, 6) is 0. The van der Waals surface area contributed by atoms with Gasteiger partial charge in [-0.25, -0.2) is 0 Å². The van der Waals surface area contributed by atoms with Crippen molar-refractivity contribution in [1.82, 2.24) is 0 Å². The molecule has 9 rings (SSSR count). The van der Waals surface area contributed by atoms with Gasteiger partial charge in [0.2, 0.25) is 0 Å². The summed E-state index contributed by atoms with van der Waals surface area (Å²) in [5, 5.41) is 11.3. The first-order valence-corrected chi connectivity index (χ1v) is 14.4. The minimum Gasteiger partial charge on any atom is -0.464 e. The predicted octanol–water partition coefficient (Wildman–Crippen LogP) is 11.6. The maximum absolute atomic E-state index is 6.05. The Kier molecular flexibility index (Phi) is 4.55. The Morgan fingerprint density at radius 3 is 1.85 bits per heavy atom. The number of rotatable bonds is 2. The number of hydrogen-bond donors (Lipinski definition) is 0. The molecule has 0 atom stereocenters. The fraction of sp³-hybridized carbons (Fsp3) is 0. The summed E-state index contributed by atoms with van der Waals surface area (Å²) >= 11 is 1.86. The highest BCUT2D eigenvalue weighted by Gasteiger charge is 2.21. The molecule has 0 fully saturated rings. The molecule has 2 aromatic heterocycles. The molecule has 0 N–H and O–H groups in total. The van der Waals surface area contributed by atoms with Crippen LogP contribution in [-0.4, -0.2) is 0 Å². The van der Waals surface area contributed by atoms with Crippen LogP contribution in [0.15, 0.2) is 138 Å². The van der Waals surface area contributed by atoms with E-state index in [2.05, 4.69) is 127 Å². The quantitative estimate of drug-likeness (QED) is 0.204. The predicted molar refractivity (Wildman–Crippen MR) is 172 cm³/mol. The molecule has 0 bridgehead atoms. The molecule has 0 aliphatic heterocycles.